The Balaban J connectivity index is 1.44. The van der Waals surface area contributed by atoms with Crippen LogP contribution < -0.4 is 9.47 Å². The first kappa shape index (κ1) is 23.8. The van der Waals surface area contributed by atoms with E-state index in [0.29, 0.717) is 17.4 Å². The van der Waals surface area contributed by atoms with Gasteiger partial charge < -0.3 is 9.47 Å². The highest BCUT2D eigenvalue weighted by atomic mass is 35.5. The summed E-state index contributed by atoms with van der Waals surface area (Å²) in [5.74, 6) is 1.33. The highest BCUT2D eigenvalue weighted by Crippen LogP contribution is 2.28. The molecule has 0 N–H and O–H groups in total. The molecular weight excluding hydrogens is 464 g/mol. The van der Waals surface area contributed by atoms with E-state index in [1.165, 1.54) is 21.8 Å². The molecule has 4 rings (SSSR count). The first-order valence-electron chi connectivity index (χ1n) is 10.9. The molecule has 0 radical (unpaired) electrons. The molecule has 0 fully saturated rings. The van der Waals surface area contributed by atoms with Crippen LogP contribution in [0.3, 0.4) is 0 Å². The van der Waals surface area contributed by atoms with Gasteiger partial charge in [0.1, 0.15) is 18.1 Å². The van der Waals surface area contributed by atoms with E-state index >= 15 is 0 Å². The number of hydrogen-bond donors (Lipinski definition) is 0. The number of aryl methyl sites for hydroxylation is 1. The lowest BCUT2D eigenvalue weighted by atomic mass is 10.1. The Morgan fingerprint density at radius 3 is 2.53 bits per heavy atom. The topological polar surface area (TPSA) is 35.5 Å². The van der Waals surface area contributed by atoms with Crippen molar-refractivity contribution in [3.63, 3.8) is 0 Å². The Labute approximate surface area is 209 Å². The second kappa shape index (κ2) is 11.2. The summed E-state index contributed by atoms with van der Waals surface area (Å²) >= 11 is 7.82. The number of rotatable bonds is 9. The average molecular weight is 489 g/mol. The lowest BCUT2D eigenvalue weighted by Crippen LogP contribution is -2.00. The van der Waals surface area contributed by atoms with E-state index in [9.17, 15) is 4.79 Å². The third-order valence-electron chi connectivity index (χ3n) is 5.33. The molecule has 172 valence electrons. The summed E-state index contributed by atoms with van der Waals surface area (Å²) in [5, 5.41) is 0.572. The van der Waals surface area contributed by atoms with Crippen molar-refractivity contribution in [3.05, 3.63) is 122 Å². The number of hydrogen-bond acceptors (Lipinski definition) is 4. The minimum Gasteiger partial charge on any atom is -0.496 e. The Bertz CT molecular complexity index is 1310. The number of carbonyl (C=O) groups is 1. The molecule has 0 saturated carbocycles. The molecule has 0 saturated heterocycles. The molecule has 0 bridgehead atoms. The number of thiophene rings is 1. The van der Waals surface area contributed by atoms with Gasteiger partial charge in [-0.2, -0.15) is 0 Å². The highest BCUT2D eigenvalue weighted by Gasteiger charge is 2.09. The van der Waals surface area contributed by atoms with E-state index in [0.717, 1.165) is 33.7 Å². The van der Waals surface area contributed by atoms with Crippen molar-refractivity contribution in [2.75, 3.05) is 7.11 Å². The fourth-order valence-corrected chi connectivity index (χ4v) is 4.80. The number of halogens is 1. The normalized spacial score (nSPS) is 11.0. The number of ketones is 1. The molecule has 0 aliphatic carbocycles. The van der Waals surface area contributed by atoms with Crippen molar-refractivity contribution < 1.29 is 14.3 Å². The van der Waals surface area contributed by atoms with E-state index in [4.69, 9.17) is 21.1 Å². The molecule has 3 aromatic carbocycles. The fraction of sp³-hybridized carbons (Fsp3) is 0.138. The summed E-state index contributed by atoms with van der Waals surface area (Å²) in [5.41, 5.74) is 4.07. The van der Waals surface area contributed by atoms with Gasteiger partial charge in [0.15, 0.2) is 5.78 Å². The molecule has 1 heterocycles. The molecule has 0 aliphatic heterocycles. The molecule has 0 unspecified atom stereocenters. The smallest absolute Gasteiger partial charge is 0.195 e. The molecule has 1 aromatic heterocycles. The van der Waals surface area contributed by atoms with Crippen molar-refractivity contribution in [2.45, 2.75) is 20.0 Å². The van der Waals surface area contributed by atoms with Crippen LogP contribution in [0.25, 0.3) is 6.08 Å². The lowest BCUT2D eigenvalue weighted by Gasteiger charge is -2.12. The third kappa shape index (κ3) is 6.16. The third-order valence-corrected chi connectivity index (χ3v) is 6.72. The molecule has 0 amide bonds. The zero-order valence-electron chi connectivity index (χ0n) is 19.1. The maximum absolute atomic E-state index is 12.7. The number of ether oxygens (including phenoxy) is 2. The SMILES string of the molecule is COc1ccc(/C=C/C(=O)c2ccc(Cc3ccccc3)s2)cc1COc1ccc(C)cc1Cl. The van der Waals surface area contributed by atoms with Crippen molar-refractivity contribution in [2.24, 2.45) is 0 Å². The largest absolute Gasteiger partial charge is 0.496 e. The van der Waals surface area contributed by atoms with Crippen LogP contribution in [0.2, 0.25) is 5.02 Å². The van der Waals surface area contributed by atoms with Gasteiger partial charge in [0.05, 0.1) is 17.0 Å². The molecular formula is C29H25ClO3S. The van der Waals surface area contributed by atoms with E-state index < -0.39 is 0 Å². The van der Waals surface area contributed by atoms with Crippen molar-refractivity contribution >= 4 is 34.8 Å². The van der Waals surface area contributed by atoms with Gasteiger partial charge in [-0.25, -0.2) is 0 Å². The van der Waals surface area contributed by atoms with Crippen LogP contribution in [0.15, 0.2) is 84.9 Å². The highest BCUT2D eigenvalue weighted by molar-refractivity contribution is 7.14. The van der Waals surface area contributed by atoms with Crippen LogP contribution >= 0.6 is 22.9 Å². The maximum Gasteiger partial charge on any atom is 0.195 e. The maximum atomic E-state index is 12.7. The number of carbonyl (C=O) groups excluding carboxylic acids is 1. The van der Waals surface area contributed by atoms with Crippen LogP contribution in [-0.2, 0) is 13.0 Å². The fourth-order valence-electron chi connectivity index (χ4n) is 3.55. The molecule has 5 heteroatoms. The number of benzene rings is 3. The van der Waals surface area contributed by atoms with E-state index in [2.05, 4.69) is 12.1 Å². The lowest BCUT2D eigenvalue weighted by molar-refractivity contribution is 0.105. The first-order valence-corrected chi connectivity index (χ1v) is 12.1. The molecule has 0 spiro atoms. The van der Waals surface area contributed by atoms with Gasteiger partial charge in [-0.05, 0) is 66.1 Å². The van der Waals surface area contributed by atoms with Crippen molar-refractivity contribution in [1.29, 1.82) is 0 Å². The Kier molecular flexibility index (Phi) is 7.84. The summed E-state index contributed by atoms with van der Waals surface area (Å²) in [6.07, 6.45) is 4.26. The summed E-state index contributed by atoms with van der Waals surface area (Å²) in [6, 6.07) is 25.6. The monoisotopic (exact) mass is 488 g/mol. The van der Waals surface area contributed by atoms with Gasteiger partial charge >= 0.3 is 0 Å². The van der Waals surface area contributed by atoms with Crippen LogP contribution in [0, 0.1) is 6.92 Å². The van der Waals surface area contributed by atoms with Gasteiger partial charge in [-0.15, -0.1) is 11.3 Å². The van der Waals surface area contributed by atoms with Gasteiger partial charge in [0.25, 0.3) is 0 Å². The van der Waals surface area contributed by atoms with E-state index in [1.54, 1.807) is 13.2 Å². The Morgan fingerprint density at radius 1 is 0.971 bits per heavy atom. The second-order valence-electron chi connectivity index (χ2n) is 7.92. The minimum absolute atomic E-state index is 0.00985. The Morgan fingerprint density at radius 2 is 1.76 bits per heavy atom. The van der Waals surface area contributed by atoms with E-state index in [-0.39, 0.29) is 5.78 Å². The first-order chi connectivity index (χ1) is 16.5. The Hall–Kier alpha value is -3.34. The number of allylic oxidation sites excluding steroid dienone is 1. The second-order valence-corrected chi connectivity index (χ2v) is 9.50. The standard InChI is InChI=1S/C29H25ClO3S/c1-20-8-13-28(25(30)16-20)33-19-23-17-22(10-14-27(23)32-2)9-12-26(31)29-15-11-24(34-29)18-21-6-4-3-5-7-21/h3-17H,18-19H2,1-2H3/b12-9+. The summed E-state index contributed by atoms with van der Waals surface area (Å²) in [4.78, 5) is 14.6. The van der Waals surface area contributed by atoms with Gasteiger partial charge in [-0.1, -0.05) is 60.1 Å². The van der Waals surface area contributed by atoms with Crippen LogP contribution in [-0.4, -0.2) is 12.9 Å². The minimum atomic E-state index is -0.00985. The molecule has 3 nitrogen and oxygen atoms in total. The predicted octanol–water partition coefficient (Wildman–Crippen LogP) is 7.78. The van der Waals surface area contributed by atoms with Crippen LogP contribution in [0.4, 0.5) is 0 Å². The summed E-state index contributed by atoms with van der Waals surface area (Å²) in [7, 11) is 1.63. The van der Waals surface area contributed by atoms with Gasteiger partial charge in [0.2, 0.25) is 0 Å². The van der Waals surface area contributed by atoms with Crippen molar-refractivity contribution in [3.8, 4) is 11.5 Å². The van der Waals surface area contributed by atoms with Gasteiger partial charge in [0, 0.05) is 16.9 Å². The molecule has 0 aliphatic rings. The zero-order chi connectivity index (χ0) is 23.9. The summed E-state index contributed by atoms with van der Waals surface area (Å²) < 4.78 is 11.4. The quantitative estimate of drug-likeness (QED) is 0.178. The van der Waals surface area contributed by atoms with Crippen LogP contribution in [0.1, 0.15) is 36.8 Å². The predicted molar refractivity (Wildman–Crippen MR) is 140 cm³/mol. The average Bonchev–Trinajstić information content (AvgIpc) is 3.31. The number of methoxy groups -OCH3 is 1. The van der Waals surface area contributed by atoms with Gasteiger partial charge in [-0.3, -0.25) is 4.79 Å². The van der Waals surface area contributed by atoms with E-state index in [1.807, 2.05) is 79.7 Å². The summed E-state index contributed by atoms with van der Waals surface area (Å²) in [6.45, 7) is 2.28. The molecule has 4 aromatic rings. The van der Waals surface area contributed by atoms with Crippen LogP contribution in [0.5, 0.6) is 11.5 Å². The molecule has 0 atom stereocenters. The van der Waals surface area contributed by atoms with Crippen molar-refractivity contribution in [1.82, 2.24) is 0 Å². The zero-order valence-corrected chi connectivity index (χ0v) is 20.7. The molecule has 34 heavy (non-hydrogen) atoms.